The number of nitrogens with zero attached hydrogens (tertiary/aromatic N) is 3. The van der Waals surface area contributed by atoms with Crippen LogP contribution in [-0.4, -0.2) is 53.2 Å². The van der Waals surface area contributed by atoms with Gasteiger partial charge in [-0.25, -0.2) is 4.39 Å². The maximum atomic E-state index is 13.7. The molecule has 1 atom stereocenters. The van der Waals surface area contributed by atoms with E-state index in [0.717, 1.165) is 22.3 Å². The van der Waals surface area contributed by atoms with Gasteiger partial charge in [-0.1, -0.05) is 36.4 Å². The number of hydrogen-bond acceptors (Lipinski definition) is 4. The van der Waals surface area contributed by atoms with E-state index in [1.165, 1.54) is 24.4 Å². The first-order chi connectivity index (χ1) is 15.4. The lowest BCUT2D eigenvalue weighted by Gasteiger charge is -2.29. The number of carbonyl (C=O) groups excluding carboxylic acids is 2. The molecule has 0 aliphatic rings. The lowest BCUT2D eigenvalue weighted by Crippen LogP contribution is -2.45. The smallest absolute Gasteiger partial charge is 0.254 e. The van der Waals surface area contributed by atoms with Crippen molar-refractivity contribution in [1.82, 2.24) is 14.4 Å². The fourth-order valence-corrected chi connectivity index (χ4v) is 3.35. The van der Waals surface area contributed by atoms with Gasteiger partial charge in [0, 0.05) is 37.5 Å². The van der Waals surface area contributed by atoms with Gasteiger partial charge in [0.05, 0.1) is 0 Å². The van der Waals surface area contributed by atoms with Crippen LogP contribution in [0.3, 0.4) is 0 Å². The molecule has 0 aliphatic carbocycles. The first kappa shape index (κ1) is 23.1. The van der Waals surface area contributed by atoms with E-state index in [0.29, 0.717) is 19.6 Å². The third kappa shape index (κ3) is 5.76. The number of benzene rings is 2. The monoisotopic (exact) mass is 435 g/mol. The number of amides is 1. The van der Waals surface area contributed by atoms with E-state index in [1.54, 1.807) is 17.0 Å². The molecule has 0 unspecified atom stereocenters. The van der Waals surface area contributed by atoms with Crippen LogP contribution >= 0.6 is 0 Å². The van der Waals surface area contributed by atoms with E-state index in [4.69, 9.17) is 0 Å². The zero-order valence-electron chi connectivity index (χ0n) is 18.1. The Morgan fingerprint density at radius 2 is 1.56 bits per heavy atom. The van der Waals surface area contributed by atoms with E-state index in [9.17, 15) is 18.8 Å². The van der Waals surface area contributed by atoms with Gasteiger partial charge in [-0.15, -0.1) is 0 Å². The summed E-state index contributed by atoms with van der Waals surface area (Å²) >= 11 is 0. The van der Waals surface area contributed by atoms with E-state index < -0.39 is 29.1 Å². The van der Waals surface area contributed by atoms with Crippen LogP contribution in [0.1, 0.15) is 22.0 Å². The molecule has 32 heavy (non-hydrogen) atoms. The molecule has 0 radical (unpaired) electrons. The molecular weight excluding hydrogens is 409 g/mol. The van der Waals surface area contributed by atoms with Gasteiger partial charge in [-0.2, -0.15) is 0 Å². The Kier molecular flexibility index (Phi) is 7.68. The van der Waals surface area contributed by atoms with E-state index in [1.807, 2.05) is 49.3 Å². The van der Waals surface area contributed by atoms with Gasteiger partial charge in [0.15, 0.2) is 11.8 Å². The number of halogens is 1. The van der Waals surface area contributed by atoms with Gasteiger partial charge >= 0.3 is 0 Å². The second kappa shape index (κ2) is 10.6. The van der Waals surface area contributed by atoms with Crippen LogP contribution in [0.5, 0.6) is 0 Å². The van der Waals surface area contributed by atoms with Gasteiger partial charge in [-0.3, -0.25) is 19.0 Å². The molecule has 0 N–H and O–H groups in total. The molecule has 1 amide bonds. The van der Waals surface area contributed by atoms with Crippen molar-refractivity contribution < 1.29 is 14.0 Å². The van der Waals surface area contributed by atoms with Crippen molar-refractivity contribution in [3.05, 3.63) is 106 Å². The molecular formula is C25H26FN3O3. The fraction of sp³-hybridized carbons (Fsp3) is 0.240. The fourth-order valence-electron chi connectivity index (χ4n) is 3.35. The number of aromatic nitrogens is 1. The summed E-state index contributed by atoms with van der Waals surface area (Å²) in [7, 11) is 3.79. The summed E-state index contributed by atoms with van der Waals surface area (Å²) in [5.41, 5.74) is 0.606. The molecule has 0 aliphatic heterocycles. The largest absolute Gasteiger partial charge is 0.335 e. The molecule has 0 saturated carbocycles. The van der Waals surface area contributed by atoms with Gasteiger partial charge in [0.1, 0.15) is 5.82 Å². The summed E-state index contributed by atoms with van der Waals surface area (Å²) in [4.78, 5) is 43.3. The van der Waals surface area contributed by atoms with Crippen LogP contribution in [0, 0.1) is 5.82 Å². The van der Waals surface area contributed by atoms with Crippen molar-refractivity contribution >= 4 is 11.7 Å². The Balaban J connectivity index is 2.02. The molecule has 166 valence electrons. The van der Waals surface area contributed by atoms with Crippen LogP contribution in [-0.2, 0) is 11.3 Å². The third-order valence-corrected chi connectivity index (χ3v) is 5.09. The number of likely N-dealkylation sites (N-methyl/N-ethyl adjacent to an activating group) is 1. The predicted octanol–water partition coefficient (Wildman–Crippen LogP) is 3.00. The summed E-state index contributed by atoms with van der Waals surface area (Å²) in [6.07, 6.45) is 1.43. The first-order valence-corrected chi connectivity index (χ1v) is 10.3. The molecule has 1 aromatic heterocycles. The molecule has 1 heterocycles. The van der Waals surface area contributed by atoms with Gasteiger partial charge < -0.3 is 9.80 Å². The zero-order valence-corrected chi connectivity index (χ0v) is 18.1. The zero-order chi connectivity index (χ0) is 23.1. The minimum Gasteiger partial charge on any atom is -0.335 e. The van der Waals surface area contributed by atoms with Crippen molar-refractivity contribution in [3.8, 4) is 0 Å². The molecule has 3 rings (SSSR count). The SMILES string of the molecule is CN(C)CCN(Cc1ccccc1)C(=O)[C@H](C(=O)c1ccc(F)cc1)n1ccccc1=O. The van der Waals surface area contributed by atoms with Crippen LogP contribution in [0.15, 0.2) is 83.8 Å². The van der Waals surface area contributed by atoms with Crippen LogP contribution in [0.4, 0.5) is 4.39 Å². The molecule has 6 nitrogen and oxygen atoms in total. The Hall–Kier alpha value is -3.58. The molecule has 0 bridgehead atoms. The van der Waals surface area contributed by atoms with Crippen molar-refractivity contribution in [2.45, 2.75) is 12.6 Å². The molecule has 0 saturated heterocycles. The van der Waals surface area contributed by atoms with Gasteiger partial charge in [0.25, 0.3) is 11.5 Å². The number of pyridine rings is 1. The number of rotatable bonds is 9. The summed E-state index contributed by atoms with van der Waals surface area (Å²) < 4.78 is 14.5. The number of Topliss-reactive ketones (excluding diaryl/α,β-unsaturated/α-hetero) is 1. The number of carbonyl (C=O) groups is 2. The Labute approximate surface area is 186 Å². The lowest BCUT2D eigenvalue weighted by atomic mass is 10.0. The quantitative estimate of drug-likeness (QED) is 0.383. The van der Waals surface area contributed by atoms with Crippen LogP contribution in [0.25, 0.3) is 0 Å². The highest BCUT2D eigenvalue weighted by molar-refractivity contribution is 6.11. The molecule has 7 heteroatoms. The minimum atomic E-state index is -1.39. The summed E-state index contributed by atoms with van der Waals surface area (Å²) in [5, 5.41) is 0. The minimum absolute atomic E-state index is 0.160. The summed E-state index contributed by atoms with van der Waals surface area (Å²) in [6.45, 7) is 1.25. The van der Waals surface area contributed by atoms with Crippen molar-refractivity contribution in [1.29, 1.82) is 0 Å². The Morgan fingerprint density at radius 1 is 0.906 bits per heavy atom. The summed E-state index contributed by atoms with van der Waals surface area (Å²) in [5.74, 6) is -1.54. The van der Waals surface area contributed by atoms with E-state index >= 15 is 0 Å². The standard InChI is InChI=1S/C25H26FN3O3/c1-27(2)16-17-28(18-19-8-4-3-5-9-19)25(32)23(29-15-7-6-10-22(29)30)24(31)20-11-13-21(26)14-12-20/h3-15,23H,16-18H2,1-2H3/t23-/m0/s1. The third-order valence-electron chi connectivity index (χ3n) is 5.09. The molecule has 0 spiro atoms. The summed E-state index contributed by atoms with van der Waals surface area (Å²) in [6, 6.07) is 17.5. The molecule has 2 aromatic carbocycles. The Bertz CT molecular complexity index is 1110. The van der Waals surface area contributed by atoms with Gasteiger partial charge in [-0.05, 0) is 50.0 Å². The highest BCUT2D eigenvalue weighted by Crippen LogP contribution is 2.19. The topological polar surface area (TPSA) is 62.6 Å². The van der Waals surface area contributed by atoms with E-state index in [-0.39, 0.29) is 5.56 Å². The van der Waals surface area contributed by atoms with E-state index in [2.05, 4.69) is 0 Å². The first-order valence-electron chi connectivity index (χ1n) is 10.3. The number of ketones is 1. The average molecular weight is 435 g/mol. The van der Waals surface area contributed by atoms with Crippen LogP contribution in [0.2, 0.25) is 0 Å². The highest BCUT2D eigenvalue weighted by Gasteiger charge is 2.33. The van der Waals surface area contributed by atoms with Gasteiger partial charge in [0.2, 0.25) is 0 Å². The van der Waals surface area contributed by atoms with Crippen molar-refractivity contribution in [3.63, 3.8) is 0 Å². The lowest BCUT2D eigenvalue weighted by molar-refractivity contribution is -0.134. The second-order valence-electron chi connectivity index (χ2n) is 7.77. The van der Waals surface area contributed by atoms with Crippen molar-refractivity contribution in [2.75, 3.05) is 27.2 Å². The van der Waals surface area contributed by atoms with Crippen molar-refractivity contribution in [2.24, 2.45) is 0 Å². The maximum Gasteiger partial charge on any atom is 0.254 e. The van der Waals surface area contributed by atoms with Crippen LogP contribution < -0.4 is 5.56 Å². The highest BCUT2D eigenvalue weighted by atomic mass is 19.1. The normalized spacial score (nSPS) is 11.9. The second-order valence-corrected chi connectivity index (χ2v) is 7.77. The molecule has 3 aromatic rings. The molecule has 0 fully saturated rings. The predicted molar refractivity (Wildman–Crippen MR) is 121 cm³/mol. The Morgan fingerprint density at radius 3 is 2.19 bits per heavy atom. The average Bonchev–Trinajstić information content (AvgIpc) is 2.79. The maximum absolute atomic E-state index is 13.7. The number of hydrogen-bond donors (Lipinski definition) is 0.